The highest BCUT2D eigenvalue weighted by Crippen LogP contribution is 2.35. The molecular formula is C21H16N2S. The Kier molecular flexibility index (Phi) is 3.93. The van der Waals surface area contributed by atoms with Gasteiger partial charge in [0.05, 0.1) is 4.70 Å². The average Bonchev–Trinajstić information content (AvgIpc) is 3.26. The van der Waals surface area contributed by atoms with Crippen LogP contribution in [0.15, 0.2) is 73.3 Å². The zero-order chi connectivity index (χ0) is 16.4. The van der Waals surface area contributed by atoms with Crippen molar-refractivity contribution in [3.05, 3.63) is 90.0 Å². The molecule has 0 radical (unpaired) electrons. The van der Waals surface area contributed by atoms with Crippen molar-refractivity contribution < 1.29 is 0 Å². The Balaban J connectivity index is 0.000000123. The van der Waals surface area contributed by atoms with Crippen molar-refractivity contribution in [1.29, 1.82) is 0 Å². The van der Waals surface area contributed by atoms with Gasteiger partial charge >= 0.3 is 0 Å². The summed E-state index contributed by atoms with van der Waals surface area (Å²) in [5.41, 5.74) is 7.76. The summed E-state index contributed by atoms with van der Waals surface area (Å²) in [5, 5.41) is 3.99. The third kappa shape index (κ3) is 2.63. The number of rotatable bonds is 1. The molecule has 0 amide bonds. The summed E-state index contributed by atoms with van der Waals surface area (Å²) < 4.78 is 4.97. The molecule has 0 spiro atoms. The molecule has 0 N–H and O–H groups in total. The molecule has 0 bridgehead atoms. The number of nitrogens with zero attached hydrogens (tertiary/aromatic N) is 2. The Morgan fingerprint density at radius 3 is 2.17 bits per heavy atom. The Bertz CT molecular complexity index is 973. The second kappa shape index (κ2) is 6.38. The Hall–Kier alpha value is -2.78. The summed E-state index contributed by atoms with van der Waals surface area (Å²) >= 11 is 1.41. The van der Waals surface area contributed by atoms with Crippen molar-refractivity contribution in [3.8, 4) is 11.1 Å². The van der Waals surface area contributed by atoms with E-state index >= 15 is 0 Å². The molecule has 3 heteroatoms. The minimum atomic E-state index is 0.951. The van der Waals surface area contributed by atoms with Crippen LogP contribution >= 0.6 is 11.5 Å². The highest BCUT2D eigenvalue weighted by Gasteiger charge is 2.15. The first-order chi connectivity index (χ1) is 11.9. The average molecular weight is 328 g/mol. The SMILES string of the molecule is C=Cc1cccc2snnc12.c1ccc2c(c1)Cc1ccccc1-2. The molecule has 3 aromatic carbocycles. The first-order valence-corrected chi connectivity index (χ1v) is 8.64. The normalized spacial score (nSPS) is 11.3. The molecule has 0 saturated heterocycles. The summed E-state index contributed by atoms with van der Waals surface area (Å²) in [6.45, 7) is 3.70. The van der Waals surface area contributed by atoms with Gasteiger partial charge in [0.25, 0.3) is 0 Å². The van der Waals surface area contributed by atoms with Crippen LogP contribution in [0.3, 0.4) is 0 Å². The highest BCUT2D eigenvalue weighted by molar-refractivity contribution is 7.12. The lowest BCUT2D eigenvalue weighted by Crippen LogP contribution is -1.77. The number of hydrogen-bond donors (Lipinski definition) is 0. The molecule has 2 nitrogen and oxygen atoms in total. The lowest BCUT2D eigenvalue weighted by molar-refractivity contribution is 1.20. The third-order valence-electron chi connectivity index (χ3n) is 4.24. The predicted octanol–water partition coefficient (Wildman–Crippen LogP) is 5.59. The Labute approximate surface area is 145 Å². The second-order valence-electron chi connectivity index (χ2n) is 5.66. The monoisotopic (exact) mass is 328 g/mol. The van der Waals surface area contributed by atoms with Gasteiger partial charge in [0.15, 0.2) is 0 Å². The van der Waals surface area contributed by atoms with Crippen LogP contribution in [0, 0.1) is 0 Å². The van der Waals surface area contributed by atoms with Gasteiger partial charge in [-0.2, -0.15) is 0 Å². The third-order valence-corrected chi connectivity index (χ3v) is 4.93. The molecule has 0 aliphatic heterocycles. The van der Waals surface area contributed by atoms with E-state index in [9.17, 15) is 0 Å². The number of hydrogen-bond acceptors (Lipinski definition) is 3. The van der Waals surface area contributed by atoms with Crippen LogP contribution in [0.25, 0.3) is 27.4 Å². The zero-order valence-electron chi connectivity index (χ0n) is 13.1. The first kappa shape index (κ1) is 14.8. The van der Waals surface area contributed by atoms with E-state index in [4.69, 9.17) is 0 Å². The van der Waals surface area contributed by atoms with Gasteiger partial charge < -0.3 is 0 Å². The van der Waals surface area contributed by atoms with Gasteiger partial charge in [-0.3, -0.25) is 0 Å². The van der Waals surface area contributed by atoms with Gasteiger partial charge in [0, 0.05) is 5.56 Å². The maximum Gasteiger partial charge on any atom is 0.113 e. The van der Waals surface area contributed by atoms with E-state index in [1.807, 2.05) is 18.2 Å². The number of fused-ring (bicyclic) bond motifs is 4. The van der Waals surface area contributed by atoms with Gasteiger partial charge in [0.1, 0.15) is 5.52 Å². The molecule has 0 fully saturated rings. The molecule has 1 aliphatic rings. The zero-order valence-corrected chi connectivity index (χ0v) is 14.0. The topological polar surface area (TPSA) is 25.8 Å². The van der Waals surface area contributed by atoms with Crippen molar-refractivity contribution in [1.82, 2.24) is 9.59 Å². The van der Waals surface area contributed by atoms with Crippen LogP contribution in [0.4, 0.5) is 0 Å². The largest absolute Gasteiger partial charge is 0.137 e. The van der Waals surface area contributed by atoms with Gasteiger partial charge in [-0.25, -0.2) is 0 Å². The minimum absolute atomic E-state index is 0.951. The molecule has 0 saturated carbocycles. The molecule has 0 unspecified atom stereocenters. The van der Waals surface area contributed by atoms with E-state index in [2.05, 4.69) is 64.7 Å². The molecule has 4 aromatic rings. The van der Waals surface area contributed by atoms with Crippen molar-refractivity contribution >= 4 is 27.8 Å². The maximum atomic E-state index is 3.99. The van der Waals surface area contributed by atoms with E-state index in [0.29, 0.717) is 0 Å². The van der Waals surface area contributed by atoms with E-state index < -0.39 is 0 Å². The van der Waals surface area contributed by atoms with Crippen molar-refractivity contribution in [2.75, 3.05) is 0 Å². The first-order valence-electron chi connectivity index (χ1n) is 7.86. The second-order valence-corrected chi connectivity index (χ2v) is 6.45. The molecule has 1 aliphatic carbocycles. The smallest absolute Gasteiger partial charge is 0.113 e. The van der Waals surface area contributed by atoms with Crippen LogP contribution in [-0.2, 0) is 6.42 Å². The lowest BCUT2D eigenvalue weighted by Gasteiger charge is -1.98. The van der Waals surface area contributed by atoms with Crippen LogP contribution in [0.2, 0.25) is 0 Å². The van der Waals surface area contributed by atoms with Crippen LogP contribution < -0.4 is 0 Å². The predicted molar refractivity (Wildman–Crippen MR) is 102 cm³/mol. The number of benzene rings is 3. The molecule has 116 valence electrons. The van der Waals surface area contributed by atoms with Gasteiger partial charge in [0.2, 0.25) is 0 Å². The quantitative estimate of drug-likeness (QED) is 0.401. The van der Waals surface area contributed by atoms with Crippen LogP contribution in [-0.4, -0.2) is 9.59 Å². The van der Waals surface area contributed by atoms with Crippen LogP contribution in [0.1, 0.15) is 16.7 Å². The standard InChI is InChI=1S/C13H10.C8H6N2S/c1-3-7-12-10(5-1)9-11-6-2-4-8-13(11)12;1-2-6-4-3-5-7-8(6)9-10-11-7/h1-8H,9H2;2-5H,1H2. The summed E-state index contributed by atoms with van der Waals surface area (Å²) in [6.07, 6.45) is 2.90. The molecule has 1 aromatic heterocycles. The fourth-order valence-corrected chi connectivity index (χ4v) is 3.66. The van der Waals surface area contributed by atoms with Crippen molar-refractivity contribution in [3.63, 3.8) is 0 Å². The highest BCUT2D eigenvalue weighted by atomic mass is 32.1. The van der Waals surface area contributed by atoms with E-state index in [0.717, 1.165) is 22.2 Å². The summed E-state index contributed by atoms with van der Waals surface area (Å²) in [4.78, 5) is 0. The lowest BCUT2D eigenvalue weighted by atomic mass is 10.1. The van der Waals surface area contributed by atoms with Gasteiger partial charge in [-0.15, -0.1) is 5.10 Å². The van der Waals surface area contributed by atoms with Crippen molar-refractivity contribution in [2.24, 2.45) is 0 Å². The molecule has 5 rings (SSSR count). The summed E-state index contributed by atoms with van der Waals surface area (Å²) in [5.74, 6) is 0. The van der Waals surface area contributed by atoms with Crippen molar-refractivity contribution in [2.45, 2.75) is 6.42 Å². The molecular weight excluding hydrogens is 312 g/mol. The van der Waals surface area contributed by atoms with E-state index in [1.165, 1.54) is 33.8 Å². The fraction of sp³-hybridized carbons (Fsp3) is 0.0476. The summed E-state index contributed by atoms with van der Waals surface area (Å²) in [6, 6.07) is 23.3. The fourth-order valence-electron chi connectivity index (χ4n) is 3.07. The summed E-state index contributed by atoms with van der Waals surface area (Å²) in [7, 11) is 0. The van der Waals surface area contributed by atoms with E-state index in [-0.39, 0.29) is 0 Å². The molecule has 1 heterocycles. The van der Waals surface area contributed by atoms with E-state index in [1.54, 1.807) is 6.08 Å². The Morgan fingerprint density at radius 1 is 0.833 bits per heavy atom. The number of aromatic nitrogens is 2. The van der Waals surface area contributed by atoms with Crippen LogP contribution in [0.5, 0.6) is 0 Å². The minimum Gasteiger partial charge on any atom is -0.137 e. The molecule has 0 atom stereocenters. The Morgan fingerprint density at radius 2 is 1.50 bits per heavy atom. The molecule has 24 heavy (non-hydrogen) atoms. The van der Waals surface area contributed by atoms with Gasteiger partial charge in [-0.05, 0) is 46.3 Å². The van der Waals surface area contributed by atoms with Gasteiger partial charge in [-0.1, -0.05) is 77.8 Å². The maximum absolute atomic E-state index is 3.99.